The molecule has 2 aromatic heterocycles. The molecule has 0 aliphatic heterocycles. The van der Waals surface area contributed by atoms with Crippen molar-refractivity contribution >= 4 is 11.3 Å². The Balaban J connectivity index is 1.97. The molecule has 0 bridgehead atoms. The summed E-state index contributed by atoms with van der Waals surface area (Å²) in [5.41, 5.74) is 7.31. The van der Waals surface area contributed by atoms with Gasteiger partial charge < -0.3 is 10.5 Å². The standard InChI is InChI=1S/C12H16N4O/c1-17-12(5-2-6-12)7-11-15-14-10-4-3-9(13)8-16(10)11/h3-4,8H,2,5-7,13H2,1H3. The molecule has 1 saturated carbocycles. The van der Waals surface area contributed by atoms with Gasteiger partial charge in [0.2, 0.25) is 0 Å². The van der Waals surface area contributed by atoms with E-state index in [0.29, 0.717) is 0 Å². The number of nitrogens with zero attached hydrogens (tertiary/aromatic N) is 3. The van der Waals surface area contributed by atoms with Crippen molar-refractivity contribution < 1.29 is 4.74 Å². The fourth-order valence-corrected chi connectivity index (χ4v) is 2.39. The van der Waals surface area contributed by atoms with Crippen LogP contribution < -0.4 is 5.73 Å². The number of nitrogens with two attached hydrogens (primary N) is 1. The van der Waals surface area contributed by atoms with E-state index in [2.05, 4.69) is 10.2 Å². The topological polar surface area (TPSA) is 65.4 Å². The third-order valence-electron chi connectivity index (χ3n) is 3.67. The lowest BCUT2D eigenvalue weighted by Gasteiger charge is -2.39. The first-order chi connectivity index (χ1) is 8.22. The van der Waals surface area contributed by atoms with Gasteiger partial charge in [-0.1, -0.05) is 0 Å². The Hall–Kier alpha value is -1.62. The number of hydrogen-bond acceptors (Lipinski definition) is 4. The summed E-state index contributed by atoms with van der Waals surface area (Å²) in [4.78, 5) is 0. The maximum atomic E-state index is 5.79. The van der Waals surface area contributed by atoms with Crippen molar-refractivity contribution in [3.8, 4) is 0 Å². The van der Waals surface area contributed by atoms with Crippen LogP contribution in [0.15, 0.2) is 18.3 Å². The van der Waals surface area contributed by atoms with Crippen LogP contribution in [0.3, 0.4) is 0 Å². The Morgan fingerprint density at radius 3 is 2.88 bits per heavy atom. The second-order valence-corrected chi connectivity index (χ2v) is 4.72. The molecule has 2 aromatic rings. The largest absolute Gasteiger partial charge is 0.398 e. The highest BCUT2D eigenvalue weighted by Gasteiger charge is 2.38. The third-order valence-corrected chi connectivity index (χ3v) is 3.67. The lowest BCUT2D eigenvalue weighted by atomic mass is 9.77. The van der Waals surface area contributed by atoms with Gasteiger partial charge >= 0.3 is 0 Å². The van der Waals surface area contributed by atoms with Crippen molar-refractivity contribution in [3.05, 3.63) is 24.2 Å². The molecule has 0 radical (unpaired) electrons. The molecular weight excluding hydrogens is 216 g/mol. The summed E-state index contributed by atoms with van der Waals surface area (Å²) in [6.45, 7) is 0. The van der Waals surface area contributed by atoms with E-state index in [0.717, 1.165) is 36.4 Å². The van der Waals surface area contributed by atoms with Gasteiger partial charge in [-0.3, -0.25) is 4.40 Å². The van der Waals surface area contributed by atoms with Gasteiger partial charge in [-0.15, -0.1) is 10.2 Å². The fourth-order valence-electron chi connectivity index (χ4n) is 2.39. The average Bonchev–Trinajstić information content (AvgIpc) is 2.66. The number of rotatable bonds is 3. The molecule has 0 aromatic carbocycles. The molecule has 1 aliphatic carbocycles. The number of hydrogen-bond donors (Lipinski definition) is 1. The first-order valence-corrected chi connectivity index (χ1v) is 5.87. The highest BCUT2D eigenvalue weighted by molar-refractivity contribution is 5.47. The number of anilines is 1. The highest BCUT2D eigenvalue weighted by Crippen LogP contribution is 2.37. The van der Waals surface area contributed by atoms with Crippen LogP contribution in [-0.4, -0.2) is 27.3 Å². The Morgan fingerprint density at radius 1 is 1.41 bits per heavy atom. The first-order valence-electron chi connectivity index (χ1n) is 5.87. The zero-order valence-electron chi connectivity index (χ0n) is 9.89. The van der Waals surface area contributed by atoms with Gasteiger partial charge in [-0.2, -0.15) is 0 Å². The van der Waals surface area contributed by atoms with Gasteiger partial charge in [0.05, 0.1) is 5.60 Å². The molecule has 0 spiro atoms. The number of nitrogen functional groups attached to an aromatic ring is 1. The summed E-state index contributed by atoms with van der Waals surface area (Å²) in [5.74, 6) is 0.925. The van der Waals surface area contributed by atoms with E-state index >= 15 is 0 Å². The van der Waals surface area contributed by atoms with Gasteiger partial charge in [0, 0.05) is 25.4 Å². The van der Waals surface area contributed by atoms with E-state index < -0.39 is 0 Å². The van der Waals surface area contributed by atoms with Crippen molar-refractivity contribution in [1.82, 2.24) is 14.6 Å². The molecule has 17 heavy (non-hydrogen) atoms. The van der Waals surface area contributed by atoms with E-state index in [1.165, 1.54) is 6.42 Å². The Labute approximate surface area is 99.6 Å². The van der Waals surface area contributed by atoms with Crippen LogP contribution in [-0.2, 0) is 11.2 Å². The predicted octanol–water partition coefficient (Wildman–Crippen LogP) is 1.42. The van der Waals surface area contributed by atoms with Crippen LogP contribution in [0.5, 0.6) is 0 Å². The van der Waals surface area contributed by atoms with Crippen molar-refractivity contribution in [1.29, 1.82) is 0 Å². The molecule has 0 unspecified atom stereocenters. The summed E-state index contributed by atoms with van der Waals surface area (Å²) in [7, 11) is 1.77. The molecule has 0 atom stereocenters. The van der Waals surface area contributed by atoms with Crippen LogP contribution in [0.4, 0.5) is 5.69 Å². The average molecular weight is 232 g/mol. The normalized spacial score (nSPS) is 18.2. The third kappa shape index (κ3) is 1.67. The van der Waals surface area contributed by atoms with Crippen molar-refractivity contribution in [2.24, 2.45) is 0 Å². The maximum absolute atomic E-state index is 5.79. The number of methoxy groups -OCH3 is 1. The molecule has 5 nitrogen and oxygen atoms in total. The molecule has 2 N–H and O–H groups in total. The molecule has 1 fully saturated rings. The minimum Gasteiger partial charge on any atom is -0.398 e. The Kier molecular flexibility index (Phi) is 2.29. The van der Waals surface area contributed by atoms with Crippen LogP contribution in [0.1, 0.15) is 25.1 Å². The van der Waals surface area contributed by atoms with Crippen LogP contribution in [0, 0.1) is 0 Å². The summed E-state index contributed by atoms with van der Waals surface area (Å²) < 4.78 is 7.57. The van der Waals surface area contributed by atoms with Gasteiger partial charge in [-0.05, 0) is 31.4 Å². The number of pyridine rings is 1. The zero-order chi connectivity index (χ0) is 11.9. The molecule has 3 rings (SSSR count). The number of fused-ring (bicyclic) bond motifs is 1. The Bertz CT molecular complexity index is 539. The van der Waals surface area contributed by atoms with Crippen molar-refractivity contribution in [2.75, 3.05) is 12.8 Å². The zero-order valence-corrected chi connectivity index (χ0v) is 9.89. The van der Waals surface area contributed by atoms with Crippen LogP contribution in [0.25, 0.3) is 5.65 Å². The summed E-state index contributed by atoms with van der Waals surface area (Å²) in [5, 5.41) is 8.37. The van der Waals surface area contributed by atoms with Crippen LogP contribution in [0.2, 0.25) is 0 Å². The van der Waals surface area contributed by atoms with E-state index in [1.807, 2.05) is 22.7 Å². The SMILES string of the molecule is COC1(Cc2nnc3ccc(N)cn23)CCC1. The quantitative estimate of drug-likeness (QED) is 0.869. The molecule has 0 amide bonds. The van der Waals surface area contributed by atoms with Gasteiger partial charge in [0.25, 0.3) is 0 Å². The molecule has 5 heteroatoms. The monoisotopic (exact) mass is 232 g/mol. The number of ether oxygens (including phenoxy) is 1. The lowest BCUT2D eigenvalue weighted by Crippen LogP contribution is -2.41. The maximum Gasteiger partial charge on any atom is 0.160 e. The van der Waals surface area contributed by atoms with Gasteiger partial charge in [0.1, 0.15) is 5.82 Å². The van der Waals surface area contributed by atoms with Crippen LogP contribution >= 0.6 is 0 Å². The second kappa shape index (κ2) is 3.70. The highest BCUT2D eigenvalue weighted by atomic mass is 16.5. The van der Waals surface area contributed by atoms with Gasteiger partial charge in [-0.25, -0.2) is 0 Å². The lowest BCUT2D eigenvalue weighted by molar-refractivity contribution is -0.0722. The Morgan fingerprint density at radius 2 is 2.24 bits per heavy atom. The molecule has 0 saturated heterocycles. The molecule has 90 valence electrons. The molecule has 2 heterocycles. The van der Waals surface area contributed by atoms with E-state index in [9.17, 15) is 0 Å². The predicted molar refractivity (Wildman–Crippen MR) is 64.7 cm³/mol. The smallest absolute Gasteiger partial charge is 0.160 e. The van der Waals surface area contributed by atoms with Crippen molar-refractivity contribution in [3.63, 3.8) is 0 Å². The van der Waals surface area contributed by atoms with E-state index in [-0.39, 0.29) is 5.60 Å². The van der Waals surface area contributed by atoms with E-state index in [1.54, 1.807) is 7.11 Å². The minimum atomic E-state index is -0.0342. The summed E-state index contributed by atoms with van der Waals surface area (Å²) in [6.07, 6.45) is 6.09. The molecule has 1 aliphatic rings. The van der Waals surface area contributed by atoms with E-state index in [4.69, 9.17) is 10.5 Å². The molecular formula is C12H16N4O. The van der Waals surface area contributed by atoms with Gasteiger partial charge in [0.15, 0.2) is 5.65 Å². The summed E-state index contributed by atoms with van der Waals surface area (Å²) >= 11 is 0. The second-order valence-electron chi connectivity index (χ2n) is 4.72. The summed E-state index contributed by atoms with van der Waals surface area (Å²) in [6, 6.07) is 3.72. The first kappa shape index (κ1) is 10.5. The fraction of sp³-hybridized carbons (Fsp3) is 0.500. The number of aromatic nitrogens is 3. The minimum absolute atomic E-state index is 0.0342. The van der Waals surface area contributed by atoms with Crippen molar-refractivity contribution in [2.45, 2.75) is 31.3 Å².